The maximum Gasteiger partial charge on any atom is 0.364 e. The lowest BCUT2D eigenvalue weighted by Crippen LogP contribution is -2.49. The Morgan fingerprint density at radius 1 is 0.661 bits per heavy atom. The van der Waals surface area contributed by atoms with Crippen LogP contribution in [0.5, 0.6) is 11.5 Å². The van der Waals surface area contributed by atoms with Gasteiger partial charge in [0.15, 0.2) is 12.2 Å². The van der Waals surface area contributed by atoms with Crippen molar-refractivity contribution in [1.29, 1.82) is 0 Å². The maximum absolute atomic E-state index is 13.0. The Kier molecular flexibility index (Phi) is 18.0. The Balaban J connectivity index is 1.30. The molecule has 62 heavy (non-hydrogen) atoms. The number of hydroxylamine groups is 2. The minimum Gasteiger partial charge on any atom is -0.494 e. The van der Waals surface area contributed by atoms with Crippen LogP contribution in [0.1, 0.15) is 24.0 Å². The van der Waals surface area contributed by atoms with Crippen molar-refractivity contribution in [2.75, 3.05) is 89.3 Å². The number of nitrogens with one attached hydrogen (secondary N) is 4. The second-order valence-electron chi connectivity index (χ2n) is 14.2. The van der Waals surface area contributed by atoms with Gasteiger partial charge in [0.2, 0.25) is 11.9 Å². The molecule has 0 saturated carbocycles. The van der Waals surface area contributed by atoms with E-state index < -0.39 is 48.1 Å². The van der Waals surface area contributed by atoms with E-state index >= 15 is 0 Å². The van der Waals surface area contributed by atoms with Gasteiger partial charge in [0, 0.05) is 54.4 Å². The zero-order valence-corrected chi connectivity index (χ0v) is 36.1. The number of anilines is 4. The molecule has 4 aromatic rings. The molecule has 24 nitrogen and oxygen atoms in total. The highest BCUT2D eigenvalue weighted by atomic mass is 16.7. The number of aliphatic hydroxyl groups excluding tert-OH is 2. The van der Waals surface area contributed by atoms with Crippen LogP contribution in [0.2, 0.25) is 0 Å². The molecule has 4 amide bonds. The van der Waals surface area contributed by atoms with E-state index in [-0.39, 0.29) is 11.9 Å². The molecule has 0 aliphatic carbocycles. The number of ether oxygens (including phenoxy) is 2. The Labute approximate surface area is 358 Å². The van der Waals surface area contributed by atoms with Crippen molar-refractivity contribution in [2.24, 2.45) is 14.1 Å². The Morgan fingerprint density at radius 2 is 1.05 bits per heavy atom. The molecule has 0 spiro atoms. The molecule has 2 heterocycles. The van der Waals surface area contributed by atoms with E-state index in [0.29, 0.717) is 49.3 Å². The van der Waals surface area contributed by atoms with Gasteiger partial charge in [-0.1, -0.05) is 34.4 Å². The third-order valence-electron chi connectivity index (χ3n) is 8.35. The largest absolute Gasteiger partial charge is 0.494 e. The number of carbonyl (C=O) groups is 4. The molecule has 0 aliphatic heterocycles. The maximum atomic E-state index is 13.0. The van der Waals surface area contributed by atoms with Gasteiger partial charge in [-0.3, -0.25) is 0 Å². The van der Waals surface area contributed by atoms with Crippen molar-refractivity contribution >= 4 is 47.8 Å². The highest BCUT2D eigenvalue weighted by Crippen LogP contribution is 2.19. The molecule has 2 unspecified atom stereocenters. The Bertz CT molecular complexity index is 1950. The van der Waals surface area contributed by atoms with Crippen molar-refractivity contribution in [1.82, 2.24) is 50.0 Å². The molecule has 0 bridgehead atoms. The van der Waals surface area contributed by atoms with Crippen LogP contribution >= 0.6 is 0 Å². The van der Waals surface area contributed by atoms with Gasteiger partial charge in [-0.15, -0.1) is 10.2 Å². The van der Waals surface area contributed by atoms with Crippen LogP contribution < -0.4 is 40.9 Å². The fraction of sp³-hybridized carbons (Fsp3) is 0.474. The van der Waals surface area contributed by atoms with E-state index in [1.54, 1.807) is 0 Å². The molecule has 0 aliphatic rings. The number of amides is 4. The smallest absolute Gasteiger partial charge is 0.364 e. The van der Waals surface area contributed by atoms with E-state index in [1.165, 1.54) is 37.6 Å². The summed E-state index contributed by atoms with van der Waals surface area (Å²) in [5.41, 5.74) is 2.22. The van der Waals surface area contributed by atoms with Gasteiger partial charge >= 0.3 is 24.0 Å². The number of hydrogen-bond donors (Lipinski definition) is 6. The lowest BCUT2D eigenvalue weighted by molar-refractivity contribution is -0.173. The lowest BCUT2D eigenvalue weighted by atomic mass is 10.2. The Hall–Kier alpha value is -6.76. The first-order chi connectivity index (χ1) is 29.6. The fourth-order valence-corrected chi connectivity index (χ4v) is 5.44. The molecule has 2 aromatic heterocycles. The van der Waals surface area contributed by atoms with Crippen LogP contribution in [-0.4, -0.2) is 154 Å². The van der Waals surface area contributed by atoms with E-state index in [9.17, 15) is 29.4 Å². The molecular weight excluding hydrogens is 813 g/mol. The number of carbonyl (C=O) groups excluding carboxylic acids is 4. The number of rotatable bonds is 21. The van der Waals surface area contributed by atoms with Crippen LogP contribution in [0.3, 0.4) is 0 Å². The summed E-state index contributed by atoms with van der Waals surface area (Å²) in [4.78, 5) is 74.0. The molecule has 24 heteroatoms. The van der Waals surface area contributed by atoms with Gasteiger partial charge in [-0.2, -0.15) is 9.97 Å². The van der Waals surface area contributed by atoms with Crippen LogP contribution in [0.4, 0.5) is 33.4 Å². The monoisotopic (exact) mass is 868 g/mol. The number of benzene rings is 2. The standard InChI is InChI=1S/C38H56N14O10/c1-39-37(57)51(35-43-33(49(7)45-35)41-17-11-19-59-27-15-9-13-25(21-27)23-47(3)4)61-31(55)29(53)30(54)32(56)62-52(38(58)40-2)36-44-34(50(8)46-36)42-18-12-20-60-28-16-10-14-26(22-28)24-48(5)6/h9-10,13-16,21-22,29-30,53-54H,11-12,17-20,23-24H2,1-8H3,(H,39,57)(H,40,58)(H,41,43,45)(H,42,44,46). The minimum absolute atomic E-state index is 0.184. The molecule has 0 saturated heterocycles. The van der Waals surface area contributed by atoms with Gasteiger partial charge in [-0.05, 0) is 76.4 Å². The summed E-state index contributed by atoms with van der Waals surface area (Å²) < 4.78 is 14.3. The normalized spacial score (nSPS) is 12.0. The highest BCUT2D eigenvalue weighted by molar-refractivity contribution is 5.94. The van der Waals surface area contributed by atoms with Crippen molar-refractivity contribution in [2.45, 2.75) is 38.1 Å². The molecular formula is C38H56N14O10. The quantitative estimate of drug-likeness (QED) is 0.0491. The van der Waals surface area contributed by atoms with E-state index in [1.807, 2.05) is 76.7 Å². The average Bonchev–Trinajstić information content (AvgIpc) is 3.80. The topological polar surface area (TPSA) is 268 Å². The number of aliphatic hydroxyl groups is 2. The average molecular weight is 869 g/mol. The number of aryl methyl sites for hydroxylation is 2. The van der Waals surface area contributed by atoms with Crippen molar-refractivity contribution in [3.63, 3.8) is 0 Å². The number of aromatic nitrogens is 6. The van der Waals surface area contributed by atoms with Crippen LogP contribution in [0.25, 0.3) is 0 Å². The third kappa shape index (κ3) is 14.2. The number of nitrogens with zero attached hydrogens (tertiary/aromatic N) is 10. The summed E-state index contributed by atoms with van der Waals surface area (Å²) >= 11 is 0. The number of hydrogen-bond acceptors (Lipinski definition) is 18. The van der Waals surface area contributed by atoms with Gasteiger partial charge in [-0.25, -0.2) is 28.5 Å². The summed E-state index contributed by atoms with van der Waals surface area (Å²) in [5, 5.41) is 40.7. The highest BCUT2D eigenvalue weighted by Gasteiger charge is 2.39. The van der Waals surface area contributed by atoms with Crippen LogP contribution in [-0.2, 0) is 46.4 Å². The first-order valence-electron chi connectivity index (χ1n) is 19.5. The van der Waals surface area contributed by atoms with Gasteiger partial charge < -0.3 is 60.4 Å². The molecule has 338 valence electrons. The second kappa shape index (κ2) is 23.3. The first kappa shape index (κ1) is 47.9. The predicted octanol–water partition coefficient (Wildman–Crippen LogP) is 0.459. The molecule has 4 rings (SSSR count). The fourth-order valence-electron chi connectivity index (χ4n) is 5.44. The molecule has 0 fully saturated rings. The van der Waals surface area contributed by atoms with Gasteiger partial charge in [0.05, 0.1) is 13.2 Å². The van der Waals surface area contributed by atoms with Gasteiger partial charge in [0.1, 0.15) is 11.5 Å². The molecule has 2 aromatic carbocycles. The first-order valence-corrected chi connectivity index (χ1v) is 19.5. The van der Waals surface area contributed by atoms with Crippen LogP contribution in [0.15, 0.2) is 48.5 Å². The van der Waals surface area contributed by atoms with Crippen molar-refractivity contribution < 1.29 is 48.5 Å². The SMILES string of the molecule is CNC(=O)N(OC(=O)C(O)C(O)C(=O)ON(C(=O)NC)c1nc(NCCCOc2cccc(CN(C)C)c2)n(C)n1)c1nc(NCCCOc2cccc(CN(C)C)c2)n(C)n1. The lowest BCUT2D eigenvalue weighted by Gasteiger charge is -2.22. The van der Waals surface area contributed by atoms with Crippen LogP contribution in [0, 0.1) is 0 Å². The van der Waals surface area contributed by atoms with Crippen molar-refractivity contribution in [3.05, 3.63) is 59.7 Å². The van der Waals surface area contributed by atoms with E-state index in [4.69, 9.17) is 19.1 Å². The zero-order valence-electron chi connectivity index (χ0n) is 36.1. The van der Waals surface area contributed by atoms with Crippen molar-refractivity contribution in [3.8, 4) is 11.5 Å². The second-order valence-corrected chi connectivity index (χ2v) is 14.2. The predicted molar refractivity (Wildman–Crippen MR) is 225 cm³/mol. The van der Waals surface area contributed by atoms with E-state index in [0.717, 1.165) is 35.7 Å². The van der Waals surface area contributed by atoms with E-state index in [2.05, 4.69) is 51.2 Å². The Morgan fingerprint density at radius 3 is 1.40 bits per heavy atom. The minimum atomic E-state index is -2.63. The molecule has 0 radical (unpaired) electrons. The third-order valence-corrected chi connectivity index (χ3v) is 8.35. The summed E-state index contributed by atoms with van der Waals surface area (Å²) in [5.74, 6) is -2.38. The summed E-state index contributed by atoms with van der Waals surface area (Å²) in [7, 11) is 13.4. The zero-order chi connectivity index (χ0) is 45.3. The molecule has 6 N–H and O–H groups in total. The molecule has 2 atom stereocenters. The summed E-state index contributed by atoms with van der Waals surface area (Å²) in [6.07, 6.45) is -4.13. The summed E-state index contributed by atoms with van der Waals surface area (Å²) in [6, 6.07) is 13.5. The van der Waals surface area contributed by atoms with Gasteiger partial charge in [0.25, 0.3) is 11.9 Å². The number of urea groups is 2. The summed E-state index contributed by atoms with van der Waals surface area (Å²) in [6.45, 7) is 3.09.